The van der Waals surface area contributed by atoms with Crippen molar-refractivity contribution in [1.82, 2.24) is 15.1 Å². The highest BCUT2D eigenvalue weighted by Crippen LogP contribution is 2.44. The van der Waals surface area contributed by atoms with Crippen LogP contribution >= 0.6 is 0 Å². The van der Waals surface area contributed by atoms with Gasteiger partial charge in [0.15, 0.2) is 0 Å². The van der Waals surface area contributed by atoms with Crippen LogP contribution in [0.3, 0.4) is 0 Å². The molecule has 3 unspecified atom stereocenters. The zero-order valence-corrected chi connectivity index (χ0v) is 10.4. The Kier molecular flexibility index (Phi) is 2.34. The average molecular weight is 225 g/mol. The highest BCUT2D eigenvalue weighted by molar-refractivity contribution is 5.16. The van der Waals surface area contributed by atoms with Crippen molar-refractivity contribution >= 4 is 0 Å². The second kappa shape index (κ2) is 3.42. The van der Waals surface area contributed by atoms with Crippen molar-refractivity contribution in [2.24, 2.45) is 5.41 Å². The summed E-state index contributed by atoms with van der Waals surface area (Å²) in [5.74, 6) is 0. The smallest absolute Gasteiger partial charge is 0.0827 e. The van der Waals surface area contributed by atoms with Crippen molar-refractivity contribution in [1.29, 1.82) is 0 Å². The van der Waals surface area contributed by atoms with Crippen LogP contribution < -0.4 is 5.32 Å². The maximum Gasteiger partial charge on any atom is 0.0827 e. The van der Waals surface area contributed by atoms with Gasteiger partial charge >= 0.3 is 0 Å². The van der Waals surface area contributed by atoms with E-state index in [1.807, 2.05) is 7.05 Å². The van der Waals surface area contributed by atoms with Crippen LogP contribution in [0.4, 0.5) is 0 Å². The Balaban J connectivity index is 2.04. The fraction of sp³-hybridized carbons (Fsp3) is 1.00. The Labute approximate surface area is 97.6 Å². The van der Waals surface area contributed by atoms with Crippen molar-refractivity contribution in [3.05, 3.63) is 0 Å². The zero-order chi connectivity index (χ0) is 11.4. The minimum atomic E-state index is -0.194. The molecule has 3 atom stereocenters. The van der Waals surface area contributed by atoms with Crippen molar-refractivity contribution in [3.8, 4) is 0 Å². The highest BCUT2D eigenvalue weighted by atomic mass is 16.3. The second-order valence-corrected chi connectivity index (χ2v) is 5.95. The van der Waals surface area contributed by atoms with Crippen molar-refractivity contribution < 1.29 is 5.11 Å². The molecule has 0 aromatic heterocycles. The molecule has 4 rings (SSSR count). The fourth-order valence-electron chi connectivity index (χ4n) is 4.14. The van der Waals surface area contributed by atoms with Crippen molar-refractivity contribution in [3.63, 3.8) is 0 Å². The lowest BCUT2D eigenvalue weighted by molar-refractivity contribution is -0.141. The molecule has 4 aliphatic heterocycles. The number of fused-ring (bicyclic) bond motifs is 1. The van der Waals surface area contributed by atoms with Crippen LogP contribution in [0.15, 0.2) is 0 Å². The Morgan fingerprint density at radius 1 is 1.19 bits per heavy atom. The largest absolute Gasteiger partial charge is 0.390 e. The van der Waals surface area contributed by atoms with Gasteiger partial charge in [0.2, 0.25) is 0 Å². The van der Waals surface area contributed by atoms with E-state index in [-0.39, 0.29) is 17.1 Å². The third-order valence-corrected chi connectivity index (χ3v) is 5.13. The molecule has 4 aliphatic rings. The molecule has 4 fully saturated rings. The van der Waals surface area contributed by atoms with Crippen LogP contribution in [0.1, 0.15) is 13.3 Å². The number of piperidine rings is 2. The van der Waals surface area contributed by atoms with Crippen molar-refractivity contribution in [2.75, 3.05) is 46.3 Å². The molecule has 0 radical (unpaired) electrons. The van der Waals surface area contributed by atoms with E-state index in [9.17, 15) is 5.11 Å². The lowest BCUT2D eigenvalue weighted by Crippen LogP contribution is -2.77. The summed E-state index contributed by atoms with van der Waals surface area (Å²) in [4.78, 5) is 5.08. The molecule has 0 amide bonds. The van der Waals surface area contributed by atoms with Gasteiger partial charge in [-0.2, -0.15) is 0 Å². The van der Waals surface area contributed by atoms with Gasteiger partial charge < -0.3 is 10.4 Å². The maximum atomic E-state index is 10.7. The number of likely N-dealkylation sites (N-methyl/N-ethyl adjacent to an activating group) is 1. The van der Waals surface area contributed by atoms with Gasteiger partial charge in [-0.15, -0.1) is 0 Å². The quantitative estimate of drug-likeness (QED) is 0.655. The van der Waals surface area contributed by atoms with E-state index in [1.54, 1.807) is 0 Å². The van der Waals surface area contributed by atoms with Gasteiger partial charge in [0, 0.05) is 44.7 Å². The van der Waals surface area contributed by atoms with Crippen LogP contribution in [0.5, 0.6) is 0 Å². The summed E-state index contributed by atoms with van der Waals surface area (Å²) < 4.78 is 0. The third kappa shape index (κ3) is 1.24. The maximum absolute atomic E-state index is 10.7. The first-order valence-corrected chi connectivity index (χ1v) is 6.46. The molecule has 0 spiro atoms. The first-order valence-electron chi connectivity index (χ1n) is 6.46. The molecule has 0 saturated carbocycles. The first-order chi connectivity index (χ1) is 7.64. The molecule has 0 aromatic carbocycles. The molecule has 4 saturated heterocycles. The minimum Gasteiger partial charge on any atom is -0.390 e. The third-order valence-electron chi connectivity index (χ3n) is 5.13. The van der Waals surface area contributed by atoms with Gasteiger partial charge in [-0.1, -0.05) is 6.92 Å². The van der Waals surface area contributed by atoms with Crippen LogP contribution in [-0.4, -0.2) is 72.9 Å². The molecule has 16 heavy (non-hydrogen) atoms. The molecule has 2 N–H and O–H groups in total. The Bertz CT molecular complexity index is 254. The number of nitrogens with zero attached hydrogens (tertiary/aromatic N) is 2. The molecule has 0 aromatic rings. The fourth-order valence-corrected chi connectivity index (χ4v) is 4.14. The minimum absolute atomic E-state index is 0.0933. The van der Waals surface area contributed by atoms with Crippen molar-refractivity contribution in [2.45, 2.75) is 25.0 Å². The molecule has 0 aliphatic carbocycles. The van der Waals surface area contributed by atoms with Gasteiger partial charge in [0.25, 0.3) is 0 Å². The van der Waals surface area contributed by atoms with Gasteiger partial charge in [0.1, 0.15) is 0 Å². The summed E-state index contributed by atoms with van der Waals surface area (Å²) >= 11 is 0. The summed E-state index contributed by atoms with van der Waals surface area (Å²) in [5, 5.41) is 14.2. The predicted octanol–water partition coefficient (Wildman–Crippen LogP) is -0.653. The summed E-state index contributed by atoms with van der Waals surface area (Å²) in [7, 11) is 2.00. The SMILES string of the molecule is CCC12CN3CCN(C1)CC(NC)(C3)C2O. The molecular formula is C12H23N3O. The number of hydrogen-bond acceptors (Lipinski definition) is 4. The number of nitrogens with one attached hydrogen (secondary N) is 1. The summed E-state index contributed by atoms with van der Waals surface area (Å²) in [6.45, 7) is 8.71. The first kappa shape index (κ1) is 11.0. The van der Waals surface area contributed by atoms with Crippen LogP contribution in [0.2, 0.25) is 0 Å². The Morgan fingerprint density at radius 2 is 1.75 bits per heavy atom. The lowest BCUT2D eigenvalue weighted by atomic mass is 9.64. The Morgan fingerprint density at radius 3 is 2.19 bits per heavy atom. The van der Waals surface area contributed by atoms with Crippen LogP contribution in [0, 0.1) is 5.41 Å². The molecular weight excluding hydrogens is 202 g/mol. The van der Waals surface area contributed by atoms with E-state index in [0.29, 0.717) is 0 Å². The molecule has 4 bridgehead atoms. The number of hydrogen-bond donors (Lipinski definition) is 2. The Hall–Kier alpha value is -0.160. The van der Waals surface area contributed by atoms with E-state index >= 15 is 0 Å². The molecule has 4 heterocycles. The summed E-state index contributed by atoms with van der Waals surface area (Å²) in [6.07, 6.45) is 0.880. The predicted molar refractivity (Wildman–Crippen MR) is 63.4 cm³/mol. The second-order valence-electron chi connectivity index (χ2n) is 5.95. The highest BCUT2D eigenvalue weighted by Gasteiger charge is 2.59. The van der Waals surface area contributed by atoms with E-state index < -0.39 is 0 Å². The van der Waals surface area contributed by atoms with Gasteiger partial charge in [-0.25, -0.2) is 0 Å². The normalized spacial score (nSPS) is 55.3. The van der Waals surface area contributed by atoms with Crippen LogP contribution in [0.25, 0.3) is 0 Å². The monoisotopic (exact) mass is 225 g/mol. The standard InChI is InChI=1S/C12H23N3O/c1-3-11-6-14-4-5-15(7-11)9-12(8-14,13-2)10(11)16/h10,13,16H,3-9H2,1-2H3. The van der Waals surface area contributed by atoms with E-state index in [4.69, 9.17) is 0 Å². The number of rotatable bonds is 2. The van der Waals surface area contributed by atoms with Gasteiger partial charge in [-0.3, -0.25) is 9.80 Å². The van der Waals surface area contributed by atoms with Crippen LogP contribution in [-0.2, 0) is 0 Å². The molecule has 4 heteroatoms. The van der Waals surface area contributed by atoms with E-state index in [1.165, 1.54) is 0 Å². The molecule has 4 nitrogen and oxygen atoms in total. The summed E-state index contributed by atoms with van der Waals surface area (Å²) in [6, 6.07) is 0. The summed E-state index contributed by atoms with van der Waals surface area (Å²) in [5.41, 5.74) is -0.000972. The molecule has 92 valence electrons. The topological polar surface area (TPSA) is 38.7 Å². The number of aliphatic hydroxyl groups excluding tert-OH is 1. The van der Waals surface area contributed by atoms with E-state index in [0.717, 1.165) is 45.7 Å². The number of aliphatic hydroxyl groups is 1. The zero-order valence-electron chi connectivity index (χ0n) is 10.4. The van der Waals surface area contributed by atoms with E-state index in [2.05, 4.69) is 22.0 Å². The average Bonchev–Trinajstić information content (AvgIpc) is 2.52. The van der Waals surface area contributed by atoms with Gasteiger partial charge in [-0.05, 0) is 13.5 Å². The lowest BCUT2D eigenvalue weighted by Gasteiger charge is -2.59. The van der Waals surface area contributed by atoms with Gasteiger partial charge in [0.05, 0.1) is 11.6 Å².